The molecule has 0 fully saturated rings. The molecule has 1 amide bonds. The molecule has 130 valence electrons. The van der Waals surface area contributed by atoms with Crippen molar-refractivity contribution in [2.45, 2.75) is 26.5 Å². The summed E-state index contributed by atoms with van der Waals surface area (Å²) in [5, 5.41) is 9.87. The van der Waals surface area contributed by atoms with Crippen molar-refractivity contribution >= 4 is 17.2 Å². The predicted octanol–water partition coefficient (Wildman–Crippen LogP) is 3.59. The van der Waals surface area contributed by atoms with E-state index in [-0.39, 0.29) is 11.9 Å². The molecule has 0 spiro atoms. The van der Waals surface area contributed by atoms with Crippen LogP contribution in [0.5, 0.6) is 5.75 Å². The minimum Gasteiger partial charge on any atom is -0.487 e. The highest BCUT2D eigenvalue weighted by Crippen LogP contribution is 2.23. The van der Waals surface area contributed by atoms with Crippen LogP contribution in [0.2, 0.25) is 0 Å². The average Bonchev–Trinajstić information content (AvgIpc) is 3.28. The van der Waals surface area contributed by atoms with Gasteiger partial charge < -0.3 is 9.64 Å². The average molecular weight is 356 g/mol. The van der Waals surface area contributed by atoms with Gasteiger partial charge in [-0.15, -0.1) is 11.3 Å². The maximum absolute atomic E-state index is 12.6. The Labute approximate surface area is 150 Å². The molecular formula is C18H20N4O2S. The fraction of sp³-hybridized carbons (Fsp3) is 0.278. The Bertz CT molecular complexity index is 844. The van der Waals surface area contributed by atoms with Crippen LogP contribution in [-0.2, 0) is 6.61 Å². The third kappa shape index (κ3) is 4.06. The number of rotatable bonds is 6. The van der Waals surface area contributed by atoms with Gasteiger partial charge in [0.15, 0.2) is 5.69 Å². The van der Waals surface area contributed by atoms with Gasteiger partial charge >= 0.3 is 0 Å². The van der Waals surface area contributed by atoms with Crippen LogP contribution in [0.3, 0.4) is 0 Å². The van der Waals surface area contributed by atoms with Crippen molar-refractivity contribution < 1.29 is 9.53 Å². The summed E-state index contributed by atoms with van der Waals surface area (Å²) in [5.74, 6) is 0.623. The number of nitrogens with zero attached hydrogens (tertiary/aromatic N) is 3. The monoisotopic (exact) mass is 356 g/mol. The van der Waals surface area contributed by atoms with Gasteiger partial charge in [-0.2, -0.15) is 5.10 Å². The van der Waals surface area contributed by atoms with Crippen LogP contribution >= 0.6 is 11.3 Å². The molecule has 0 saturated heterocycles. The first kappa shape index (κ1) is 17.2. The van der Waals surface area contributed by atoms with Crippen molar-refractivity contribution in [1.29, 1.82) is 0 Å². The van der Waals surface area contributed by atoms with Gasteiger partial charge in [-0.05, 0) is 32.0 Å². The van der Waals surface area contributed by atoms with Crippen molar-refractivity contribution in [3.05, 3.63) is 63.9 Å². The predicted molar refractivity (Wildman–Crippen MR) is 96.7 cm³/mol. The van der Waals surface area contributed by atoms with Crippen LogP contribution < -0.4 is 4.74 Å². The van der Waals surface area contributed by atoms with Gasteiger partial charge in [0.1, 0.15) is 17.4 Å². The molecule has 25 heavy (non-hydrogen) atoms. The smallest absolute Gasteiger partial charge is 0.274 e. The van der Waals surface area contributed by atoms with E-state index in [0.717, 1.165) is 22.1 Å². The third-order valence-corrected chi connectivity index (χ3v) is 5.02. The van der Waals surface area contributed by atoms with E-state index in [1.165, 1.54) is 0 Å². The molecular weight excluding hydrogens is 336 g/mol. The summed E-state index contributed by atoms with van der Waals surface area (Å²) in [5.41, 5.74) is 2.08. The number of hydrogen-bond donors (Lipinski definition) is 1. The standard InChI is InChI=1S/C18H20N4O2S/c1-12-11-25-17(19-12)13(2)22(3)18(23)16-9-14(20-21-16)10-24-15-7-5-4-6-8-15/h4-9,11,13H,10H2,1-3H3,(H,20,21)/t13-/m0/s1. The van der Waals surface area contributed by atoms with Crippen LogP contribution in [-0.4, -0.2) is 33.0 Å². The highest BCUT2D eigenvalue weighted by atomic mass is 32.1. The van der Waals surface area contributed by atoms with Crippen LogP contribution in [0, 0.1) is 6.92 Å². The van der Waals surface area contributed by atoms with Crippen molar-refractivity contribution in [2.24, 2.45) is 0 Å². The first-order valence-corrected chi connectivity index (χ1v) is 8.84. The first-order chi connectivity index (χ1) is 12.0. The van der Waals surface area contributed by atoms with Gasteiger partial charge in [-0.3, -0.25) is 9.89 Å². The summed E-state index contributed by atoms with van der Waals surface area (Å²) in [6.07, 6.45) is 0. The van der Waals surface area contributed by atoms with Crippen molar-refractivity contribution in [3.63, 3.8) is 0 Å². The highest BCUT2D eigenvalue weighted by molar-refractivity contribution is 7.09. The number of nitrogens with one attached hydrogen (secondary N) is 1. The lowest BCUT2D eigenvalue weighted by molar-refractivity contribution is 0.0736. The molecule has 2 aromatic heterocycles. The Morgan fingerprint density at radius 2 is 2.12 bits per heavy atom. The molecule has 3 rings (SSSR count). The molecule has 0 unspecified atom stereocenters. The SMILES string of the molecule is Cc1csc([C@H](C)N(C)C(=O)c2cc(COc3ccccc3)[nH]n2)n1. The molecule has 1 N–H and O–H groups in total. The number of thiazole rings is 1. The molecule has 1 aromatic carbocycles. The number of carbonyl (C=O) groups excluding carboxylic acids is 1. The summed E-state index contributed by atoms with van der Waals surface area (Å²) in [6.45, 7) is 4.23. The van der Waals surface area contributed by atoms with E-state index >= 15 is 0 Å². The van der Waals surface area contributed by atoms with Crippen LogP contribution in [0.4, 0.5) is 0 Å². The number of amides is 1. The maximum atomic E-state index is 12.6. The fourth-order valence-electron chi connectivity index (χ4n) is 2.31. The molecule has 0 saturated carbocycles. The number of benzene rings is 1. The molecule has 0 bridgehead atoms. The highest BCUT2D eigenvalue weighted by Gasteiger charge is 2.23. The summed E-state index contributed by atoms with van der Waals surface area (Å²) >= 11 is 1.56. The molecule has 7 heteroatoms. The largest absolute Gasteiger partial charge is 0.487 e. The van der Waals surface area contributed by atoms with Gasteiger partial charge in [0.25, 0.3) is 5.91 Å². The van der Waals surface area contributed by atoms with E-state index in [4.69, 9.17) is 4.74 Å². The normalized spacial score (nSPS) is 12.0. The summed E-state index contributed by atoms with van der Waals surface area (Å²) in [6, 6.07) is 11.1. The quantitative estimate of drug-likeness (QED) is 0.733. The van der Waals surface area contributed by atoms with E-state index < -0.39 is 0 Å². The molecule has 3 aromatic rings. The van der Waals surface area contributed by atoms with E-state index in [0.29, 0.717) is 12.3 Å². The second kappa shape index (κ2) is 7.48. The zero-order valence-electron chi connectivity index (χ0n) is 14.4. The Morgan fingerprint density at radius 1 is 1.36 bits per heavy atom. The Hall–Kier alpha value is -2.67. The van der Waals surface area contributed by atoms with Crippen LogP contribution in [0.25, 0.3) is 0 Å². The molecule has 0 aliphatic carbocycles. The number of para-hydroxylation sites is 1. The van der Waals surface area contributed by atoms with E-state index in [9.17, 15) is 4.79 Å². The zero-order chi connectivity index (χ0) is 17.8. The topological polar surface area (TPSA) is 71.1 Å². The van der Waals surface area contributed by atoms with Gasteiger partial charge in [-0.25, -0.2) is 4.98 Å². The van der Waals surface area contributed by atoms with Gasteiger partial charge in [0, 0.05) is 18.1 Å². The molecule has 0 radical (unpaired) electrons. The Balaban J connectivity index is 1.63. The molecule has 1 atom stereocenters. The maximum Gasteiger partial charge on any atom is 0.274 e. The Kier molecular flexibility index (Phi) is 5.14. The lowest BCUT2D eigenvalue weighted by Crippen LogP contribution is -2.29. The van der Waals surface area contributed by atoms with E-state index in [1.54, 1.807) is 29.4 Å². The minimum absolute atomic E-state index is 0.105. The first-order valence-electron chi connectivity index (χ1n) is 7.96. The Morgan fingerprint density at radius 3 is 2.80 bits per heavy atom. The second-order valence-corrected chi connectivity index (χ2v) is 6.69. The number of carbonyl (C=O) groups is 1. The van der Waals surface area contributed by atoms with Crippen molar-refractivity contribution in [1.82, 2.24) is 20.1 Å². The number of H-pyrrole nitrogens is 1. The number of aromatic amines is 1. The molecule has 2 heterocycles. The number of aromatic nitrogens is 3. The van der Waals surface area contributed by atoms with Crippen molar-refractivity contribution in [2.75, 3.05) is 7.05 Å². The number of aryl methyl sites for hydroxylation is 1. The molecule has 6 nitrogen and oxygen atoms in total. The minimum atomic E-state index is -0.150. The van der Waals surface area contributed by atoms with Gasteiger partial charge in [-0.1, -0.05) is 18.2 Å². The zero-order valence-corrected chi connectivity index (χ0v) is 15.2. The van der Waals surface area contributed by atoms with E-state index in [1.807, 2.05) is 49.6 Å². The molecule has 0 aliphatic heterocycles. The van der Waals surface area contributed by atoms with Gasteiger partial charge in [0.05, 0.1) is 11.7 Å². The summed E-state index contributed by atoms with van der Waals surface area (Å²) < 4.78 is 5.66. The van der Waals surface area contributed by atoms with Gasteiger partial charge in [0.2, 0.25) is 0 Å². The third-order valence-electron chi connectivity index (χ3n) is 3.88. The van der Waals surface area contributed by atoms with E-state index in [2.05, 4.69) is 15.2 Å². The fourth-order valence-corrected chi connectivity index (χ4v) is 3.20. The number of hydrogen-bond acceptors (Lipinski definition) is 5. The number of ether oxygens (including phenoxy) is 1. The lowest BCUT2D eigenvalue weighted by Gasteiger charge is -2.22. The lowest BCUT2D eigenvalue weighted by atomic mass is 10.2. The summed E-state index contributed by atoms with van der Waals surface area (Å²) in [4.78, 5) is 18.7. The summed E-state index contributed by atoms with van der Waals surface area (Å²) in [7, 11) is 1.76. The van der Waals surface area contributed by atoms with Crippen molar-refractivity contribution in [3.8, 4) is 5.75 Å². The van der Waals surface area contributed by atoms with Crippen LogP contribution in [0.1, 0.15) is 39.8 Å². The molecule has 0 aliphatic rings. The second-order valence-electron chi connectivity index (χ2n) is 5.80. The van der Waals surface area contributed by atoms with Crippen LogP contribution in [0.15, 0.2) is 41.8 Å².